The Hall–Kier alpha value is -1.99. The van der Waals surface area contributed by atoms with Crippen molar-refractivity contribution in [2.24, 2.45) is 0 Å². The topological polar surface area (TPSA) is 89.3 Å². The number of benzene rings is 1. The summed E-state index contributed by atoms with van der Waals surface area (Å²) >= 11 is 2.93. The molecule has 7 heteroatoms. The number of fused-ring (bicyclic) bond motifs is 1. The van der Waals surface area contributed by atoms with Crippen LogP contribution in [0, 0.1) is 6.92 Å². The van der Waals surface area contributed by atoms with Crippen molar-refractivity contribution < 1.29 is 14.3 Å². The van der Waals surface area contributed by atoms with Crippen molar-refractivity contribution in [2.75, 3.05) is 5.73 Å². The monoisotopic (exact) mass is 320 g/mol. The van der Waals surface area contributed by atoms with E-state index in [0.717, 1.165) is 15.3 Å². The van der Waals surface area contributed by atoms with Crippen LogP contribution in [0.3, 0.4) is 0 Å². The molecule has 21 heavy (non-hydrogen) atoms. The Labute approximate surface area is 128 Å². The molecule has 0 saturated carbocycles. The lowest BCUT2D eigenvalue weighted by molar-refractivity contribution is 0.0664. The van der Waals surface area contributed by atoms with Crippen molar-refractivity contribution in [1.82, 2.24) is 4.98 Å². The van der Waals surface area contributed by atoms with E-state index in [1.165, 1.54) is 23.1 Å². The number of anilines is 1. The molecule has 0 aliphatic rings. The number of rotatable bonds is 4. The number of nitrogens with zero attached hydrogens (tertiary/aromatic N) is 1. The predicted octanol–water partition coefficient (Wildman–Crippen LogP) is 3.77. The minimum Gasteiger partial charge on any atom is -0.475 e. The van der Waals surface area contributed by atoms with Crippen LogP contribution in [-0.4, -0.2) is 16.1 Å². The third-order valence-electron chi connectivity index (χ3n) is 3.01. The molecule has 0 aliphatic carbocycles. The van der Waals surface area contributed by atoms with Gasteiger partial charge in [-0.2, -0.15) is 0 Å². The van der Waals surface area contributed by atoms with Crippen LogP contribution in [-0.2, 0) is 5.75 Å². The lowest BCUT2D eigenvalue weighted by atomic mass is 10.1. The lowest BCUT2D eigenvalue weighted by Crippen LogP contribution is -1.97. The highest BCUT2D eigenvalue weighted by Crippen LogP contribution is 2.36. The van der Waals surface area contributed by atoms with E-state index in [4.69, 9.17) is 10.2 Å². The third kappa shape index (κ3) is 2.62. The number of aromatic carboxylic acids is 1. The van der Waals surface area contributed by atoms with Gasteiger partial charge in [0.05, 0.1) is 9.90 Å². The van der Waals surface area contributed by atoms with Crippen LogP contribution in [0.4, 0.5) is 5.13 Å². The second kappa shape index (κ2) is 5.42. The van der Waals surface area contributed by atoms with Crippen LogP contribution < -0.4 is 5.73 Å². The van der Waals surface area contributed by atoms with Crippen LogP contribution in [0.25, 0.3) is 11.0 Å². The number of aromatic nitrogens is 1. The molecule has 0 fully saturated rings. The number of para-hydroxylation sites is 1. The molecule has 1 aromatic carbocycles. The first-order valence-corrected chi connectivity index (χ1v) is 7.96. The molecule has 0 amide bonds. The number of nitrogen functional groups attached to an aromatic ring is 1. The van der Waals surface area contributed by atoms with E-state index in [9.17, 15) is 9.90 Å². The van der Waals surface area contributed by atoms with Crippen LogP contribution in [0.15, 0.2) is 32.9 Å². The molecule has 0 aliphatic heterocycles. The molecular weight excluding hydrogens is 308 g/mol. The summed E-state index contributed by atoms with van der Waals surface area (Å²) in [5.41, 5.74) is 7.82. The number of nitrogens with two attached hydrogens (primary N) is 1. The van der Waals surface area contributed by atoms with Crippen molar-refractivity contribution in [1.29, 1.82) is 0 Å². The van der Waals surface area contributed by atoms with E-state index in [-0.39, 0.29) is 5.76 Å². The van der Waals surface area contributed by atoms with Gasteiger partial charge in [0.25, 0.3) is 0 Å². The fraction of sp³-hybridized carbons (Fsp3) is 0.143. The second-order valence-electron chi connectivity index (χ2n) is 4.42. The van der Waals surface area contributed by atoms with Crippen molar-refractivity contribution in [3.8, 4) is 0 Å². The van der Waals surface area contributed by atoms with Crippen molar-refractivity contribution >= 4 is 45.2 Å². The van der Waals surface area contributed by atoms with E-state index in [1.807, 2.05) is 25.1 Å². The molecule has 0 spiro atoms. The summed E-state index contributed by atoms with van der Waals surface area (Å²) in [4.78, 5) is 15.5. The van der Waals surface area contributed by atoms with Crippen molar-refractivity contribution in [2.45, 2.75) is 16.9 Å². The summed E-state index contributed by atoms with van der Waals surface area (Å²) < 4.78 is 6.43. The summed E-state index contributed by atoms with van der Waals surface area (Å²) in [5.74, 6) is -0.553. The van der Waals surface area contributed by atoms with Crippen LogP contribution >= 0.6 is 23.1 Å². The zero-order chi connectivity index (χ0) is 15.0. The summed E-state index contributed by atoms with van der Waals surface area (Å²) in [7, 11) is 0. The smallest absolute Gasteiger partial charge is 0.372 e. The molecule has 0 bridgehead atoms. The van der Waals surface area contributed by atoms with Gasteiger partial charge in [0, 0.05) is 16.7 Å². The number of carboxylic acids is 1. The number of carboxylic acid groups (broad SMARTS) is 1. The number of carbonyl (C=O) groups is 1. The maximum atomic E-state index is 11.3. The molecular formula is C14H12N2O3S2. The number of hydrogen-bond acceptors (Lipinski definition) is 6. The van der Waals surface area contributed by atoms with Crippen LogP contribution in [0.2, 0.25) is 0 Å². The molecule has 3 N–H and O–H groups in total. The normalized spacial score (nSPS) is 11.1. The first-order chi connectivity index (χ1) is 10.1. The Balaban J connectivity index is 1.97. The first-order valence-electron chi connectivity index (χ1n) is 6.15. The minimum atomic E-state index is -1.05. The highest BCUT2D eigenvalue weighted by atomic mass is 32.2. The summed E-state index contributed by atoms with van der Waals surface area (Å²) in [5, 5.41) is 10.6. The van der Waals surface area contributed by atoms with Gasteiger partial charge in [-0.1, -0.05) is 29.5 Å². The van der Waals surface area contributed by atoms with Gasteiger partial charge in [0.1, 0.15) is 5.58 Å². The Kier molecular flexibility index (Phi) is 3.60. The average molecular weight is 320 g/mol. The van der Waals surface area contributed by atoms with Gasteiger partial charge in [0.15, 0.2) is 5.13 Å². The number of thioether (sulfide) groups is 1. The highest BCUT2D eigenvalue weighted by Gasteiger charge is 2.20. The maximum absolute atomic E-state index is 11.3. The number of hydrogen-bond donors (Lipinski definition) is 2. The zero-order valence-electron chi connectivity index (χ0n) is 11.1. The van der Waals surface area contributed by atoms with Crippen LogP contribution in [0.1, 0.15) is 21.8 Å². The van der Waals surface area contributed by atoms with Gasteiger partial charge >= 0.3 is 5.97 Å². The molecule has 2 heterocycles. The summed E-state index contributed by atoms with van der Waals surface area (Å²) in [6.07, 6.45) is 0. The van der Waals surface area contributed by atoms with E-state index in [1.54, 1.807) is 6.07 Å². The lowest BCUT2D eigenvalue weighted by Gasteiger charge is -1.99. The highest BCUT2D eigenvalue weighted by molar-refractivity contribution is 8.00. The number of thiazole rings is 1. The Morgan fingerprint density at radius 3 is 2.90 bits per heavy atom. The quantitative estimate of drug-likeness (QED) is 0.711. The van der Waals surface area contributed by atoms with E-state index >= 15 is 0 Å². The molecule has 0 unspecified atom stereocenters. The molecule has 108 valence electrons. The molecule has 0 saturated heterocycles. The largest absolute Gasteiger partial charge is 0.475 e. The number of furan rings is 1. The van der Waals surface area contributed by atoms with Crippen LogP contribution in [0.5, 0.6) is 0 Å². The fourth-order valence-corrected chi connectivity index (χ4v) is 4.14. The Morgan fingerprint density at radius 1 is 1.48 bits per heavy atom. The van der Waals surface area contributed by atoms with E-state index in [2.05, 4.69) is 4.98 Å². The predicted molar refractivity (Wildman–Crippen MR) is 84.0 cm³/mol. The SMILES string of the molecule is Cc1nc(N)sc1SCc1c(C(=O)O)oc2ccccc12. The fourth-order valence-electron chi connectivity index (χ4n) is 2.09. The Bertz CT molecular complexity index is 823. The van der Waals surface area contributed by atoms with Crippen molar-refractivity contribution in [3.63, 3.8) is 0 Å². The average Bonchev–Trinajstić information content (AvgIpc) is 2.96. The van der Waals surface area contributed by atoms with E-state index in [0.29, 0.717) is 22.0 Å². The summed E-state index contributed by atoms with van der Waals surface area (Å²) in [6.45, 7) is 1.89. The zero-order valence-corrected chi connectivity index (χ0v) is 12.8. The van der Waals surface area contributed by atoms with Gasteiger partial charge in [-0.3, -0.25) is 0 Å². The van der Waals surface area contributed by atoms with Gasteiger partial charge < -0.3 is 15.3 Å². The van der Waals surface area contributed by atoms with E-state index < -0.39 is 5.97 Å². The van der Waals surface area contributed by atoms with Gasteiger partial charge in [0.2, 0.25) is 5.76 Å². The number of aryl methyl sites for hydroxylation is 1. The molecule has 5 nitrogen and oxygen atoms in total. The third-order valence-corrected chi connectivity index (χ3v) is 5.39. The molecule has 3 rings (SSSR count). The van der Waals surface area contributed by atoms with Gasteiger partial charge in [-0.25, -0.2) is 9.78 Å². The molecule has 3 aromatic rings. The second-order valence-corrected chi connectivity index (χ2v) is 6.70. The summed E-state index contributed by atoms with van der Waals surface area (Å²) in [6, 6.07) is 7.33. The van der Waals surface area contributed by atoms with Gasteiger partial charge in [-0.05, 0) is 13.0 Å². The molecule has 2 aromatic heterocycles. The Morgan fingerprint density at radius 2 is 2.24 bits per heavy atom. The van der Waals surface area contributed by atoms with Gasteiger partial charge in [-0.15, -0.1) is 11.8 Å². The first kappa shape index (κ1) is 14.0. The molecule has 0 atom stereocenters. The minimum absolute atomic E-state index is 0.00107. The van der Waals surface area contributed by atoms with Crippen molar-refractivity contribution in [3.05, 3.63) is 41.3 Å². The maximum Gasteiger partial charge on any atom is 0.372 e. The molecule has 0 radical (unpaired) electrons. The standard InChI is InChI=1S/C14H12N2O3S2/c1-7-13(21-14(15)16-7)20-6-9-8-4-2-3-5-10(8)19-11(9)12(17)18/h2-5H,6H2,1H3,(H2,15,16)(H,17,18).